The van der Waals surface area contributed by atoms with Gasteiger partial charge in [-0.3, -0.25) is 0 Å². The molecule has 0 aliphatic carbocycles. The Labute approximate surface area is 121 Å². The van der Waals surface area contributed by atoms with Gasteiger partial charge in [0.25, 0.3) is 0 Å². The standard InChI is InChI=1S/C12H17NO4S2/c1-2-3-4-5-6-17-9(14)8(7-13)12-18-10(15)11(16)19-12/h10-11,15-16H,2-6H2,1H3. The van der Waals surface area contributed by atoms with Crippen LogP contribution in [0.2, 0.25) is 0 Å². The van der Waals surface area contributed by atoms with E-state index in [0.717, 1.165) is 49.2 Å². The second kappa shape index (κ2) is 8.48. The molecular formula is C12H17NO4S2. The average molecular weight is 303 g/mol. The SMILES string of the molecule is CCCCCCOC(=O)C(C#N)=C1SC(O)C(O)S1. The average Bonchev–Trinajstić information content (AvgIpc) is 2.70. The summed E-state index contributed by atoms with van der Waals surface area (Å²) < 4.78 is 5.34. The molecular weight excluding hydrogens is 286 g/mol. The molecule has 5 nitrogen and oxygen atoms in total. The largest absolute Gasteiger partial charge is 0.462 e. The van der Waals surface area contributed by atoms with Gasteiger partial charge in [-0.25, -0.2) is 4.79 Å². The van der Waals surface area contributed by atoms with Crippen LogP contribution in [0.4, 0.5) is 0 Å². The highest BCUT2D eigenvalue weighted by molar-refractivity contribution is 8.25. The van der Waals surface area contributed by atoms with Crippen molar-refractivity contribution in [2.75, 3.05) is 6.61 Å². The molecule has 0 bridgehead atoms. The van der Waals surface area contributed by atoms with E-state index in [-0.39, 0.29) is 12.2 Å². The van der Waals surface area contributed by atoms with Crippen molar-refractivity contribution in [2.24, 2.45) is 0 Å². The van der Waals surface area contributed by atoms with Crippen molar-refractivity contribution in [1.29, 1.82) is 5.26 Å². The van der Waals surface area contributed by atoms with Gasteiger partial charge in [0, 0.05) is 0 Å². The van der Waals surface area contributed by atoms with E-state index in [1.54, 1.807) is 6.07 Å². The number of nitrogens with zero attached hydrogens (tertiary/aromatic N) is 1. The molecule has 1 aliphatic heterocycles. The zero-order valence-electron chi connectivity index (χ0n) is 10.7. The van der Waals surface area contributed by atoms with E-state index in [1.165, 1.54) is 0 Å². The molecule has 1 fully saturated rings. The van der Waals surface area contributed by atoms with E-state index in [2.05, 4.69) is 6.92 Å². The molecule has 2 unspecified atom stereocenters. The van der Waals surface area contributed by atoms with Gasteiger partial charge < -0.3 is 14.9 Å². The molecule has 0 aromatic carbocycles. The smallest absolute Gasteiger partial charge is 0.350 e. The van der Waals surface area contributed by atoms with E-state index in [9.17, 15) is 15.0 Å². The lowest BCUT2D eigenvalue weighted by molar-refractivity contribution is -0.138. The van der Waals surface area contributed by atoms with E-state index >= 15 is 0 Å². The number of carbonyl (C=O) groups is 1. The van der Waals surface area contributed by atoms with Crippen molar-refractivity contribution in [3.05, 3.63) is 9.81 Å². The Kier molecular flexibility index (Phi) is 7.31. The van der Waals surface area contributed by atoms with Gasteiger partial charge in [-0.05, 0) is 6.42 Å². The lowest BCUT2D eigenvalue weighted by atomic mass is 10.2. The molecule has 0 amide bonds. The molecule has 19 heavy (non-hydrogen) atoms. The third kappa shape index (κ3) is 5.07. The van der Waals surface area contributed by atoms with Crippen molar-refractivity contribution in [3.63, 3.8) is 0 Å². The fraction of sp³-hybridized carbons (Fsp3) is 0.667. The van der Waals surface area contributed by atoms with Gasteiger partial charge in [-0.1, -0.05) is 49.7 Å². The molecule has 1 heterocycles. The Morgan fingerprint density at radius 3 is 2.47 bits per heavy atom. The Bertz CT molecular complexity index is 380. The Morgan fingerprint density at radius 2 is 1.95 bits per heavy atom. The van der Waals surface area contributed by atoms with Crippen LogP contribution < -0.4 is 0 Å². The predicted molar refractivity (Wildman–Crippen MR) is 74.9 cm³/mol. The maximum absolute atomic E-state index is 11.7. The first-order chi connectivity index (χ1) is 9.10. The van der Waals surface area contributed by atoms with Gasteiger partial charge in [0.15, 0.2) is 5.57 Å². The molecule has 0 aromatic heterocycles. The van der Waals surface area contributed by atoms with Gasteiger partial charge in [-0.2, -0.15) is 5.26 Å². The first-order valence-electron chi connectivity index (χ1n) is 6.11. The molecule has 0 saturated carbocycles. The van der Waals surface area contributed by atoms with Crippen LogP contribution >= 0.6 is 23.5 Å². The fourth-order valence-electron chi connectivity index (χ4n) is 1.42. The second-order valence-corrected chi connectivity index (χ2v) is 6.50. The number of carbonyl (C=O) groups excluding carboxylic acids is 1. The Balaban J connectivity index is 2.49. The molecule has 1 aliphatic rings. The summed E-state index contributed by atoms with van der Waals surface area (Å²) in [6.45, 7) is 2.38. The second-order valence-electron chi connectivity index (χ2n) is 3.99. The zero-order chi connectivity index (χ0) is 14.3. The summed E-state index contributed by atoms with van der Waals surface area (Å²) in [4.78, 5) is 11.7. The maximum atomic E-state index is 11.7. The van der Waals surface area contributed by atoms with Crippen LogP contribution in [0.1, 0.15) is 32.6 Å². The first-order valence-corrected chi connectivity index (χ1v) is 7.87. The minimum atomic E-state index is -1.01. The highest BCUT2D eigenvalue weighted by Crippen LogP contribution is 2.46. The number of aliphatic hydroxyl groups is 2. The van der Waals surface area contributed by atoms with Gasteiger partial charge in [0.1, 0.15) is 16.9 Å². The third-order valence-corrected chi connectivity index (χ3v) is 5.04. The Hall–Kier alpha value is -0.680. The van der Waals surface area contributed by atoms with E-state index in [0.29, 0.717) is 4.24 Å². The summed E-state index contributed by atoms with van der Waals surface area (Å²) in [6.07, 6.45) is 3.96. The van der Waals surface area contributed by atoms with Crippen molar-refractivity contribution < 1.29 is 19.7 Å². The van der Waals surface area contributed by atoms with E-state index < -0.39 is 16.8 Å². The summed E-state index contributed by atoms with van der Waals surface area (Å²) in [6, 6.07) is 1.78. The van der Waals surface area contributed by atoms with Gasteiger partial charge in [0.05, 0.1) is 10.8 Å². The van der Waals surface area contributed by atoms with Crippen LogP contribution in [-0.2, 0) is 9.53 Å². The van der Waals surface area contributed by atoms with Crippen LogP contribution in [0.25, 0.3) is 0 Å². The molecule has 7 heteroatoms. The van der Waals surface area contributed by atoms with Gasteiger partial charge in [0.2, 0.25) is 0 Å². The van der Waals surface area contributed by atoms with Crippen LogP contribution in [0, 0.1) is 11.3 Å². The molecule has 106 valence electrons. The highest BCUT2D eigenvalue weighted by Gasteiger charge is 2.33. The van der Waals surface area contributed by atoms with Gasteiger partial charge in [-0.15, -0.1) is 0 Å². The number of unbranched alkanes of at least 4 members (excludes halogenated alkanes) is 3. The fourth-order valence-corrected chi connectivity index (χ4v) is 3.73. The predicted octanol–water partition coefficient (Wildman–Crippen LogP) is 1.96. The summed E-state index contributed by atoms with van der Waals surface area (Å²) in [5.41, 5.74) is -2.16. The maximum Gasteiger partial charge on any atom is 0.350 e. The minimum Gasteiger partial charge on any atom is -0.462 e. The number of hydrogen-bond donors (Lipinski definition) is 2. The molecule has 0 aromatic rings. The lowest BCUT2D eigenvalue weighted by Crippen LogP contribution is -2.11. The van der Waals surface area contributed by atoms with Crippen molar-refractivity contribution in [2.45, 2.75) is 43.5 Å². The molecule has 0 radical (unpaired) electrons. The van der Waals surface area contributed by atoms with E-state index in [4.69, 9.17) is 10.00 Å². The number of thioether (sulfide) groups is 2. The molecule has 2 atom stereocenters. The molecule has 1 rings (SSSR count). The summed E-state index contributed by atoms with van der Waals surface area (Å²) in [5, 5.41) is 27.7. The minimum absolute atomic E-state index is 0.138. The number of esters is 1. The summed E-state index contributed by atoms with van der Waals surface area (Å²) in [7, 11) is 0. The van der Waals surface area contributed by atoms with Crippen molar-refractivity contribution in [3.8, 4) is 6.07 Å². The van der Waals surface area contributed by atoms with Crippen molar-refractivity contribution >= 4 is 29.5 Å². The van der Waals surface area contributed by atoms with Crippen LogP contribution in [0.15, 0.2) is 9.81 Å². The van der Waals surface area contributed by atoms with Crippen LogP contribution in [0.3, 0.4) is 0 Å². The highest BCUT2D eigenvalue weighted by atomic mass is 32.2. The molecule has 2 N–H and O–H groups in total. The number of hydrogen-bond acceptors (Lipinski definition) is 7. The quantitative estimate of drug-likeness (QED) is 0.335. The summed E-state index contributed by atoms with van der Waals surface area (Å²) >= 11 is 1.81. The number of ether oxygens (including phenoxy) is 1. The zero-order valence-corrected chi connectivity index (χ0v) is 12.3. The molecule has 1 saturated heterocycles. The number of rotatable bonds is 6. The van der Waals surface area contributed by atoms with Crippen molar-refractivity contribution in [1.82, 2.24) is 0 Å². The lowest BCUT2D eigenvalue weighted by Gasteiger charge is -2.04. The third-order valence-electron chi connectivity index (χ3n) is 2.45. The monoisotopic (exact) mass is 303 g/mol. The van der Waals surface area contributed by atoms with Crippen LogP contribution in [-0.4, -0.2) is 33.7 Å². The first kappa shape index (κ1) is 16.4. The number of nitriles is 1. The number of aliphatic hydroxyl groups excluding tert-OH is 2. The molecule has 0 spiro atoms. The Morgan fingerprint density at radius 1 is 1.32 bits per heavy atom. The van der Waals surface area contributed by atoms with E-state index in [1.807, 2.05) is 0 Å². The van der Waals surface area contributed by atoms with Gasteiger partial charge >= 0.3 is 5.97 Å². The normalized spacial score (nSPS) is 22.1. The van der Waals surface area contributed by atoms with Crippen LogP contribution in [0.5, 0.6) is 0 Å². The summed E-state index contributed by atoms with van der Waals surface area (Å²) in [5.74, 6) is -0.685. The topological polar surface area (TPSA) is 90.6 Å².